The van der Waals surface area contributed by atoms with Gasteiger partial charge in [0.25, 0.3) is 0 Å². The Hall–Kier alpha value is -2.69. The van der Waals surface area contributed by atoms with E-state index >= 15 is 0 Å². The van der Waals surface area contributed by atoms with E-state index in [4.69, 9.17) is 13.9 Å². The topological polar surface area (TPSA) is 60.7 Å². The number of ether oxygens (including phenoxy) is 2. The molecule has 1 aliphatic rings. The smallest absolute Gasteiger partial charge is 0.158 e. The number of carbonyl (C=O) groups is 1. The van der Waals surface area contributed by atoms with Crippen molar-refractivity contribution in [3.63, 3.8) is 0 Å². The highest BCUT2D eigenvalue weighted by atomic mass is 16.5. The van der Waals surface area contributed by atoms with Gasteiger partial charge in [-0.15, -0.1) is 0 Å². The molecule has 5 heteroatoms. The van der Waals surface area contributed by atoms with E-state index in [9.17, 15) is 4.79 Å². The number of carbonyl (C=O) groups excluding carboxylic acids is 1. The first kappa shape index (κ1) is 15.2. The molecule has 23 heavy (non-hydrogen) atoms. The molecule has 0 fully saturated rings. The van der Waals surface area contributed by atoms with Crippen molar-refractivity contribution < 1.29 is 18.7 Å². The Labute approximate surface area is 134 Å². The highest BCUT2D eigenvalue weighted by molar-refractivity contribution is 5.92. The van der Waals surface area contributed by atoms with Gasteiger partial charge >= 0.3 is 0 Å². The first-order valence-corrected chi connectivity index (χ1v) is 7.45. The Balaban J connectivity index is 1.80. The molecule has 1 heterocycles. The van der Waals surface area contributed by atoms with Crippen molar-refractivity contribution in [1.82, 2.24) is 0 Å². The minimum absolute atomic E-state index is 0.0641. The van der Waals surface area contributed by atoms with Crippen LogP contribution in [0.5, 0.6) is 11.5 Å². The summed E-state index contributed by atoms with van der Waals surface area (Å²) in [5.41, 5.74) is 1.65. The molecule has 0 saturated carbocycles. The maximum atomic E-state index is 12.0. The van der Waals surface area contributed by atoms with Crippen molar-refractivity contribution in [3.05, 3.63) is 54.1 Å². The molecule has 0 spiro atoms. The third-order valence-corrected chi connectivity index (χ3v) is 3.90. The zero-order chi connectivity index (χ0) is 16.2. The van der Waals surface area contributed by atoms with E-state index in [0.29, 0.717) is 18.6 Å². The largest absolute Gasteiger partial charge is 0.497 e. The van der Waals surface area contributed by atoms with E-state index < -0.39 is 0 Å². The van der Waals surface area contributed by atoms with Crippen LogP contribution in [0.4, 0.5) is 5.69 Å². The lowest BCUT2D eigenvalue weighted by Gasteiger charge is -2.22. The summed E-state index contributed by atoms with van der Waals surface area (Å²) in [5, 5.41) is 3.29. The molecule has 0 amide bonds. The van der Waals surface area contributed by atoms with Gasteiger partial charge in [0.1, 0.15) is 17.3 Å². The first-order valence-electron chi connectivity index (χ1n) is 7.45. The predicted molar refractivity (Wildman–Crippen MR) is 86.9 cm³/mol. The second kappa shape index (κ2) is 6.60. The molecule has 1 aromatic carbocycles. The van der Waals surface area contributed by atoms with Crippen molar-refractivity contribution in [2.24, 2.45) is 0 Å². The number of hydrogen-bond acceptors (Lipinski definition) is 5. The summed E-state index contributed by atoms with van der Waals surface area (Å²) in [5.74, 6) is 2.38. The highest BCUT2D eigenvalue weighted by Crippen LogP contribution is 2.35. The fourth-order valence-corrected chi connectivity index (χ4v) is 2.78. The number of ketones is 1. The van der Waals surface area contributed by atoms with Gasteiger partial charge in [0.15, 0.2) is 5.78 Å². The zero-order valence-corrected chi connectivity index (χ0v) is 13.2. The van der Waals surface area contributed by atoms with E-state index in [1.807, 2.05) is 24.3 Å². The van der Waals surface area contributed by atoms with Crippen LogP contribution in [0, 0.1) is 0 Å². The summed E-state index contributed by atoms with van der Waals surface area (Å²) in [6.45, 7) is 0. The maximum Gasteiger partial charge on any atom is 0.158 e. The van der Waals surface area contributed by atoms with E-state index in [1.165, 1.54) is 0 Å². The van der Waals surface area contributed by atoms with Crippen LogP contribution in [0.2, 0.25) is 0 Å². The predicted octanol–water partition coefficient (Wildman–Crippen LogP) is 3.74. The number of hydrogen-bond donors (Lipinski definition) is 1. The number of allylic oxidation sites excluding steroid dienone is 2. The fraction of sp³-hybridized carbons (Fsp3) is 0.278. The molecule has 120 valence electrons. The van der Waals surface area contributed by atoms with Crippen LogP contribution in [-0.4, -0.2) is 20.0 Å². The number of furan rings is 1. The van der Waals surface area contributed by atoms with E-state index in [2.05, 4.69) is 5.32 Å². The molecule has 0 radical (unpaired) electrons. The van der Waals surface area contributed by atoms with Crippen LogP contribution < -0.4 is 14.8 Å². The van der Waals surface area contributed by atoms with Gasteiger partial charge in [-0.05, 0) is 30.7 Å². The van der Waals surface area contributed by atoms with Crippen LogP contribution in [0.25, 0.3) is 0 Å². The fourth-order valence-electron chi connectivity index (χ4n) is 2.78. The Bertz CT molecular complexity index is 719. The maximum absolute atomic E-state index is 12.0. The van der Waals surface area contributed by atoms with Crippen molar-refractivity contribution in [2.75, 3.05) is 19.5 Å². The summed E-state index contributed by atoms with van der Waals surface area (Å²) < 4.78 is 16.0. The summed E-state index contributed by atoms with van der Waals surface area (Å²) in [7, 11) is 3.21. The van der Waals surface area contributed by atoms with Crippen LogP contribution in [0.3, 0.4) is 0 Å². The molecular weight excluding hydrogens is 294 g/mol. The minimum atomic E-state index is 0.0641. The van der Waals surface area contributed by atoms with Gasteiger partial charge in [0, 0.05) is 30.2 Å². The number of nitrogens with one attached hydrogen (secondary N) is 1. The van der Waals surface area contributed by atoms with Crippen LogP contribution in [0.1, 0.15) is 24.5 Å². The average molecular weight is 313 g/mol. The van der Waals surface area contributed by atoms with Crippen molar-refractivity contribution in [1.29, 1.82) is 0 Å². The first-order chi connectivity index (χ1) is 11.2. The van der Waals surface area contributed by atoms with Gasteiger partial charge in [-0.1, -0.05) is 0 Å². The highest BCUT2D eigenvalue weighted by Gasteiger charge is 2.24. The number of benzene rings is 1. The standard InChI is InChI=1S/C18H19NO4/c1-21-15-5-6-16(18(11-15)22-2)19-13-8-12(9-14(20)10-13)17-4-3-7-23-17/h3-7,10-12,19H,8-9H2,1-2H3/t12-/m1/s1. The Kier molecular flexibility index (Phi) is 4.37. The summed E-state index contributed by atoms with van der Waals surface area (Å²) in [6, 6.07) is 9.28. The molecular formula is C18H19NO4. The lowest BCUT2D eigenvalue weighted by atomic mass is 9.89. The molecule has 0 unspecified atom stereocenters. The number of rotatable bonds is 5. The SMILES string of the molecule is COc1ccc(NC2=CC(=O)C[C@H](c3ccco3)C2)c(OC)c1. The average Bonchev–Trinajstić information content (AvgIpc) is 3.09. The molecule has 1 aliphatic carbocycles. The summed E-state index contributed by atoms with van der Waals surface area (Å²) in [6.07, 6.45) is 4.48. The Morgan fingerprint density at radius 3 is 2.74 bits per heavy atom. The molecule has 3 rings (SSSR count). The molecule has 5 nitrogen and oxygen atoms in total. The summed E-state index contributed by atoms with van der Waals surface area (Å²) in [4.78, 5) is 12.0. The molecule has 0 bridgehead atoms. The number of methoxy groups -OCH3 is 2. The van der Waals surface area contributed by atoms with Crippen LogP contribution in [-0.2, 0) is 4.79 Å². The summed E-state index contributed by atoms with van der Waals surface area (Å²) >= 11 is 0. The van der Waals surface area contributed by atoms with Gasteiger partial charge in [-0.3, -0.25) is 4.79 Å². The second-order valence-electron chi connectivity index (χ2n) is 5.45. The van der Waals surface area contributed by atoms with E-state index in [0.717, 1.165) is 22.9 Å². The third kappa shape index (κ3) is 3.39. The molecule has 1 aromatic heterocycles. The monoisotopic (exact) mass is 313 g/mol. The minimum Gasteiger partial charge on any atom is -0.497 e. The third-order valence-electron chi connectivity index (χ3n) is 3.90. The van der Waals surface area contributed by atoms with Gasteiger partial charge in [-0.25, -0.2) is 0 Å². The van der Waals surface area contributed by atoms with Crippen molar-refractivity contribution in [3.8, 4) is 11.5 Å². The van der Waals surface area contributed by atoms with Crippen LogP contribution >= 0.6 is 0 Å². The van der Waals surface area contributed by atoms with Gasteiger partial charge in [-0.2, -0.15) is 0 Å². The lowest BCUT2D eigenvalue weighted by Crippen LogP contribution is -2.16. The molecule has 1 atom stereocenters. The normalized spacial score (nSPS) is 17.6. The van der Waals surface area contributed by atoms with Gasteiger partial charge in [0.2, 0.25) is 0 Å². The lowest BCUT2D eigenvalue weighted by molar-refractivity contribution is -0.115. The Morgan fingerprint density at radius 1 is 1.17 bits per heavy atom. The quantitative estimate of drug-likeness (QED) is 0.911. The van der Waals surface area contributed by atoms with Gasteiger partial charge in [0.05, 0.1) is 26.2 Å². The van der Waals surface area contributed by atoms with Crippen LogP contribution in [0.15, 0.2) is 52.8 Å². The van der Waals surface area contributed by atoms with E-state index in [-0.39, 0.29) is 11.7 Å². The molecule has 1 N–H and O–H groups in total. The van der Waals surface area contributed by atoms with Gasteiger partial charge < -0.3 is 19.2 Å². The molecule has 0 saturated heterocycles. The molecule has 2 aromatic rings. The van der Waals surface area contributed by atoms with Crippen molar-refractivity contribution in [2.45, 2.75) is 18.8 Å². The second-order valence-corrected chi connectivity index (χ2v) is 5.45. The number of anilines is 1. The van der Waals surface area contributed by atoms with E-state index in [1.54, 1.807) is 32.6 Å². The zero-order valence-electron chi connectivity index (χ0n) is 13.2. The molecule has 0 aliphatic heterocycles. The van der Waals surface area contributed by atoms with Crippen molar-refractivity contribution >= 4 is 11.5 Å². The Morgan fingerprint density at radius 2 is 2.04 bits per heavy atom.